The second kappa shape index (κ2) is 4.49. The molecule has 2 rings (SSSR count). The summed E-state index contributed by atoms with van der Waals surface area (Å²) in [4.78, 5) is 0. The summed E-state index contributed by atoms with van der Waals surface area (Å²) in [6, 6.07) is 7.71. The van der Waals surface area contributed by atoms with Crippen LogP contribution in [0.25, 0.3) is 10.8 Å². The molecular formula is C13H15ClN2O. The Balaban J connectivity index is 2.52. The number of fused-ring (bicyclic) bond motifs is 1. The summed E-state index contributed by atoms with van der Waals surface area (Å²) >= 11 is 6.00. The van der Waals surface area contributed by atoms with Gasteiger partial charge in [-0.3, -0.25) is 0 Å². The molecule has 0 saturated carbocycles. The van der Waals surface area contributed by atoms with Gasteiger partial charge in [0.25, 0.3) is 0 Å². The van der Waals surface area contributed by atoms with Gasteiger partial charge in [-0.1, -0.05) is 36.7 Å². The van der Waals surface area contributed by atoms with Crippen molar-refractivity contribution >= 4 is 22.4 Å². The highest BCUT2D eigenvalue weighted by Crippen LogP contribution is 2.29. The number of hydrogen-bond donors (Lipinski definition) is 0. The number of aromatic nitrogens is 2. The quantitative estimate of drug-likeness (QED) is 0.830. The van der Waals surface area contributed by atoms with E-state index < -0.39 is 0 Å². The third-order valence-electron chi connectivity index (χ3n) is 2.83. The molecule has 1 heterocycles. The van der Waals surface area contributed by atoms with Crippen LogP contribution in [0.2, 0.25) is 5.15 Å². The van der Waals surface area contributed by atoms with Crippen LogP contribution in [0.4, 0.5) is 0 Å². The molecule has 17 heavy (non-hydrogen) atoms. The van der Waals surface area contributed by atoms with Crippen LogP contribution in [0.1, 0.15) is 27.2 Å². The molecule has 90 valence electrons. The predicted octanol–water partition coefficient (Wildman–Crippen LogP) is 3.85. The Bertz CT molecular complexity index is 540. The van der Waals surface area contributed by atoms with Gasteiger partial charge in [0.2, 0.25) is 5.88 Å². The maximum Gasteiger partial charge on any atom is 0.242 e. The Morgan fingerprint density at radius 1 is 1.18 bits per heavy atom. The standard InChI is InChI=1S/C13H15ClN2O/c1-4-13(2,3)17-12-10-8-6-5-7-9(10)11(14)15-16-12/h5-8H,4H2,1-3H3. The van der Waals surface area contributed by atoms with Crippen molar-refractivity contribution in [2.75, 3.05) is 0 Å². The second-order valence-corrected chi connectivity index (χ2v) is 4.91. The number of benzene rings is 1. The minimum absolute atomic E-state index is 0.259. The van der Waals surface area contributed by atoms with Gasteiger partial charge in [0.1, 0.15) is 5.60 Å². The lowest BCUT2D eigenvalue weighted by Gasteiger charge is -2.24. The molecule has 0 aliphatic rings. The molecule has 4 heteroatoms. The Labute approximate surface area is 106 Å². The summed E-state index contributed by atoms with van der Waals surface area (Å²) in [5.74, 6) is 0.539. The molecule has 0 radical (unpaired) electrons. The molecule has 1 aromatic carbocycles. The molecule has 0 atom stereocenters. The van der Waals surface area contributed by atoms with Crippen LogP contribution in [0.5, 0.6) is 5.88 Å². The molecule has 0 aliphatic heterocycles. The fraction of sp³-hybridized carbons (Fsp3) is 0.385. The minimum atomic E-state index is -0.259. The molecule has 0 spiro atoms. The van der Waals surface area contributed by atoms with E-state index in [4.69, 9.17) is 16.3 Å². The van der Waals surface area contributed by atoms with Gasteiger partial charge in [-0.2, -0.15) is 0 Å². The number of ether oxygens (including phenoxy) is 1. The van der Waals surface area contributed by atoms with E-state index in [0.717, 1.165) is 17.2 Å². The molecule has 0 fully saturated rings. The summed E-state index contributed by atoms with van der Waals surface area (Å²) in [7, 11) is 0. The molecule has 2 aromatic rings. The van der Waals surface area contributed by atoms with Crippen molar-refractivity contribution in [2.45, 2.75) is 32.8 Å². The zero-order valence-electron chi connectivity index (χ0n) is 10.2. The van der Waals surface area contributed by atoms with Crippen molar-refractivity contribution < 1.29 is 4.74 Å². The zero-order valence-corrected chi connectivity index (χ0v) is 11.0. The van der Waals surface area contributed by atoms with E-state index >= 15 is 0 Å². The molecule has 0 saturated heterocycles. The van der Waals surface area contributed by atoms with Crippen LogP contribution >= 0.6 is 11.6 Å². The first-order valence-corrected chi connectivity index (χ1v) is 6.01. The van der Waals surface area contributed by atoms with Gasteiger partial charge in [-0.25, -0.2) is 0 Å². The van der Waals surface area contributed by atoms with Crippen LogP contribution in [0.15, 0.2) is 24.3 Å². The summed E-state index contributed by atoms with van der Waals surface area (Å²) in [6.45, 7) is 6.13. The summed E-state index contributed by atoms with van der Waals surface area (Å²) < 4.78 is 5.89. The van der Waals surface area contributed by atoms with Crippen molar-refractivity contribution in [3.63, 3.8) is 0 Å². The van der Waals surface area contributed by atoms with Gasteiger partial charge in [0.05, 0.1) is 0 Å². The zero-order chi connectivity index (χ0) is 12.5. The molecule has 0 amide bonds. The second-order valence-electron chi connectivity index (χ2n) is 4.56. The summed E-state index contributed by atoms with van der Waals surface area (Å²) in [5.41, 5.74) is -0.259. The van der Waals surface area contributed by atoms with Gasteiger partial charge in [0, 0.05) is 10.8 Å². The fourth-order valence-electron chi connectivity index (χ4n) is 1.46. The Morgan fingerprint density at radius 2 is 1.82 bits per heavy atom. The van der Waals surface area contributed by atoms with Crippen LogP contribution < -0.4 is 4.74 Å². The maximum atomic E-state index is 6.00. The third-order valence-corrected chi connectivity index (χ3v) is 3.11. The van der Waals surface area contributed by atoms with E-state index in [0.29, 0.717) is 11.0 Å². The number of hydrogen-bond acceptors (Lipinski definition) is 3. The van der Waals surface area contributed by atoms with Crippen molar-refractivity contribution in [2.24, 2.45) is 0 Å². The molecule has 0 N–H and O–H groups in total. The number of rotatable bonds is 3. The predicted molar refractivity (Wildman–Crippen MR) is 69.5 cm³/mol. The monoisotopic (exact) mass is 250 g/mol. The van der Waals surface area contributed by atoms with Crippen molar-refractivity contribution in [1.29, 1.82) is 0 Å². The van der Waals surface area contributed by atoms with E-state index in [1.807, 2.05) is 38.1 Å². The molecule has 0 bridgehead atoms. The van der Waals surface area contributed by atoms with Crippen LogP contribution in [-0.2, 0) is 0 Å². The highest BCUT2D eigenvalue weighted by atomic mass is 35.5. The van der Waals surface area contributed by atoms with E-state index in [1.54, 1.807) is 0 Å². The Hall–Kier alpha value is -1.35. The summed E-state index contributed by atoms with van der Waals surface area (Å²) in [6.07, 6.45) is 0.894. The normalized spacial score (nSPS) is 11.8. The van der Waals surface area contributed by atoms with Gasteiger partial charge >= 0.3 is 0 Å². The van der Waals surface area contributed by atoms with Crippen LogP contribution in [0.3, 0.4) is 0 Å². The van der Waals surface area contributed by atoms with E-state index in [-0.39, 0.29) is 5.60 Å². The first-order chi connectivity index (χ1) is 8.03. The summed E-state index contributed by atoms with van der Waals surface area (Å²) in [5, 5.41) is 10.1. The topological polar surface area (TPSA) is 35.0 Å². The van der Waals surface area contributed by atoms with E-state index in [9.17, 15) is 0 Å². The lowest BCUT2D eigenvalue weighted by molar-refractivity contribution is 0.0999. The van der Waals surface area contributed by atoms with Crippen molar-refractivity contribution in [1.82, 2.24) is 10.2 Å². The minimum Gasteiger partial charge on any atom is -0.470 e. The third kappa shape index (κ3) is 2.50. The van der Waals surface area contributed by atoms with Crippen LogP contribution in [0, 0.1) is 0 Å². The molecule has 1 aromatic heterocycles. The van der Waals surface area contributed by atoms with Crippen molar-refractivity contribution in [3.05, 3.63) is 29.4 Å². The first-order valence-electron chi connectivity index (χ1n) is 5.63. The maximum absolute atomic E-state index is 6.00. The highest BCUT2D eigenvalue weighted by Gasteiger charge is 2.20. The lowest BCUT2D eigenvalue weighted by Crippen LogP contribution is -2.27. The average molecular weight is 251 g/mol. The SMILES string of the molecule is CCC(C)(C)Oc1nnc(Cl)c2ccccc12. The Morgan fingerprint density at radius 3 is 2.47 bits per heavy atom. The van der Waals surface area contributed by atoms with Gasteiger partial charge < -0.3 is 4.74 Å². The van der Waals surface area contributed by atoms with Crippen molar-refractivity contribution in [3.8, 4) is 5.88 Å². The van der Waals surface area contributed by atoms with Gasteiger partial charge in [-0.05, 0) is 26.3 Å². The molecule has 0 unspecified atom stereocenters. The largest absolute Gasteiger partial charge is 0.470 e. The Kier molecular flexibility index (Phi) is 3.20. The molecular weight excluding hydrogens is 236 g/mol. The first kappa shape index (κ1) is 12.1. The van der Waals surface area contributed by atoms with Gasteiger partial charge in [-0.15, -0.1) is 10.2 Å². The average Bonchev–Trinajstić information content (AvgIpc) is 2.33. The van der Waals surface area contributed by atoms with E-state index in [2.05, 4.69) is 17.1 Å². The van der Waals surface area contributed by atoms with Gasteiger partial charge in [0.15, 0.2) is 5.15 Å². The number of halogens is 1. The fourth-order valence-corrected chi connectivity index (χ4v) is 1.66. The molecule has 0 aliphatic carbocycles. The number of nitrogens with zero attached hydrogens (tertiary/aromatic N) is 2. The lowest BCUT2D eigenvalue weighted by atomic mass is 10.1. The smallest absolute Gasteiger partial charge is 0.242 e. The highest BCUT2D eigenvalue weighted by molar-refractivity contribution is 6.34. The molecule has 3 nitrogen and oxygen atoms in total. The van der Waals surface area contributed by atoms with E-state index in [1.165, 1.54) is 0 Å². The van der Waals surface area contributed by atoms with Crippen LogP contribution in [-0.4, -0.2) is 15.8 Å².